The Hall–Kier alpha value is -3.45. The number of amides is 1. The molecule has 2 aromatic heterocycles. The Labute approximate surface area is 197 Å². The molecule has 1 saturated heterocycles. The second-order valence-corrected chi connectivity index (χ2v) is 8.83. The number of rotatable bonds is 5. The largest absolute Gasteiger partial charge is 0.355 e. The summed E-state index contributed by atoms with van der Waals surface area (Å²) in [6.07, 6.45) is 1.59. The molecule has 1 aliphatic rings. The Morgan fingerprint density at radius 1 is 1.03 bits per heavy atom. The van der Waals surface area contributed by atoms with Crippen molar-refractivity contribution in [1.82, 2.24) is 25.1 Å². The third-order valence-electron chi connectivity index (χ3n) is 6.26. The number of hydrogen-bond donors (Lipinski definition) is 1. The van der Waals surface area contributed by atoms with Crippen molar-refractivity contribution in [3.63, 3.8) is 0 Å². The molecule has 0 atom stereocenters. The number of aryl methyl sites for hydroxylation is 1. The molecule has 4 aromatic rings. The molecule has 0 bridgehead atoms. The van der Waals surface area contributed by atoms with Crippen molar-refractivity contribution in [2.24, 2.45) is 5.92 Å². The maximum Gasteiger partial charge on any atom is 0.223 e. The van der Waals surface area contributed by atoms with Crippen molar-refractivity contribution in [1.29, 1.82) is 0 Å². The summed E-state index contributed by atoms with van der Waals surface area (Å²) < 4.78 is 1.76. The van der Waals surface area contributed by atoms with Gasteiger partial charge >= 0.3 is 0 Å². The van der Waals surface area contributed by atoms with E-state index in [0.29, 0.717) is 23.0 Å². The van der Waals surface area contributed by atoms with Crippen LogP contribution in [0.15, 0.2) is 60.7 Å². The van der Waals surface area contributed by atoms with E-state index >= 15 is 0 Å². The van der Waals surface area contributed by atoms with Crippen LogP contribution in [0, 0.1) is 12.8 Å². The zero-order valence-electron chi connectivity index (χ0n) is 18.4. The van der Waals surface area contributed by atoms with E-state index in [1.807, 2.05) is 48.5 Å². The van der Waals surface area contributed by atoms with Gasteiger partial charge in [0.2, 0.25) is 5.91 Å². The Morgan fingerprint density at radius 2 is 1.79 bits per heavy atom. The van der Waals surface area contributed by atoms with Gasteiger partial charge in [-0.05, 0) is 67.3 Å². The van der Waals surface area contributed by atoms with E-state index in [-0.39, 0.29) is 11.8 Å². The van der Waals surface area contributed by atoms with E-state index < -0.39 is 0 Å². The highest BCUT2D eigenvalue weighted by molar-refractivity contribution is 6.30. The van der Waals surface area contributed by atoms with Crippen LogP contribution in [0.3, 0.4) is 0 Å². The van der Waals surface area contributed by atoms with Gasteiger partial charge in [0, 0.05) is 36.1 Å². The second kappa shape index (κ2) is 9.19. The van der Waals surface area contributed by atoms with Gasteiger partial charge in [-0.25, -0.2) is 0 Å². The van der Waals surface area contributed by atoms with Crippen molar-refractivity contribution in [3.05, 3.63) is 76.8 Å². The average molecular weight is 461 g/mol. The predicted octanol–water partition coefficient (Wildman–Crippen LogP) is 4.29. The topological polar surface area (TPSA) is 75.4 Å². The molecule has 1 amide bonds. The van der Waals surface area contributed by atoms with Gasteiger partial charge < -0.3 is 10.2 Å². The lowest BCUT2D eigenvalue weighted by Gasteiger charge is -2.32. The van der Waals surface area contributed by atoms with Gasteiger partial charge in [-0.3, -0.25) is 4.79 Å². The molecule has 1 aliphatic heterocycles. The van der Waals surface area contributed by atoms with E-state index in [9.17, 15) is 4.79 Å². The van der Waals surface area contributed by atoms with Gasteiger partial charge in [-0.1, -0.05) is 35.9 Å². The number of anilines is 1. The SMILES string of the molecule is Cc1ccccc1CNC(=O)C1CCN(c2ccc3nnc(-c4ccc(Cl)cc4)n3n2)CC1. The summed E-state index contributed by atoms with van der Waals surface area (Å²) >= 11 is 6.02. The summed E-state index contributed by atoms with van der Waals surface area (Å²) in [6, 6.07) is 19.5. The molecule has 7 nitrogen and oxygen atoms in total. The normalized spacial score (nSPS) is 14.5. The van der Waals surface area contributed by atoms with Crippen LogP contribution in [0.5, 0.6) is 0 Å². The molecule has 168 valence electrons. The lowest BCUT2D eigenvalue weighted by Crippen LogP contribution is -2.40. The summed E-state index contributed by atoms with van der Waals surface area (Å²) in [5.74, 6) is 1.68. The Kier molecular flexibility index (Phi) is 5.96. The monoisotopic (exact) mass is 460 g/mol. The Balaban J connectivity index is 1.24. The smallest absolute Gasteiger partial charge is 0.223 e. The zero-order chi connectivity index (χ0) is 22.8. The van der Waals surface area contributed by atoms with Crippen LogP contribution in [-0.4, -0.2) is 38.8 Å². The number of aromatic nitrogens is 4. The first-order chi connectivity index (χ1) is 16.1. The lowest BCUT2D eigenvalue weighted by molar-refractivity contribution is -0.125. The van der Waals surface area contributed by atoms with Crippen LogP contribution in [0.25, 0.3) is 17.0 Å². The molecular weight excluding hydrogens is 436 g/mol. The fourth-order valence-corrected chi connectivity index (χ4v) is 4.36. The van der Waals surface area contributed by atoms with Gasteiger partial charge in [0.1, 0.15) is 5.82 Å². The molecule has 1 N–H and O–H groups in total. The molecule has 8 heteroatoms. The minimum atomic E-state index is 0.0218. The van der Waals surface area contributed by atoms with Crippen LogP contribution in [0.2, 0.25) is 5.02 Å². The molecule has 1 fully saturated rings. The summed E-state index contributed by atoms with van der Waals surface area (Å²) in [4.78, 5) is 14.9. The van der Waals surface area contributed by atoms with E-state index in [2.05, 4.69) is 39.5 Å². The number of piperidine rings is 1. The third kappa shape index (κ3) is 4.54. The summed E-state index contributed by atoms with van der Waals surface area (Å²) in [7, 11) is 0. The first kappa shape index (κ1) is 21.4. The van der Waals surface area contributed by atoms with Gasteiger partial charge in [0.15, 0.2) is 11.5 Å². The minimum absolute atomic E-state index is 0.0218. The van der Waals surface area contributed by atoms with Crippen LogP contribution in [0.4, 0.5) is 5.82 Å². The molecule has 5 rings (SSSR count). The first-order valence-electron chi connectivity index (χ1n) is 11.1. The number of fused-ring (bicyclic) bond motifs is 1. The van der Waals surface area contributed by atoms with Crippen LogP contribution >= 0.6 is 11.6 Å². The average Bonchev–Trinajstić information content (AvgIpc) is 3.27. The first-order valence-corrected chi connectivity index (χ1v) is 11.5. The van der Waals surface area contributed by atoms with Crippen molar-refractivity contribution in [2.45, 2.75) is 26.3 Å². The molecule has 0 radical (unpaired) electrons. The molecule has 0 unspecified atom stereocenters. The molecule has 0 spiro atoms. The van der Waals surface area contributed by atoms with Crippen molar-refractivity contribution < 1.29 is 4.79 Å². The highest BCUT2D eigenvalue weighted by atomic mass is 35.5. The maximum absolute atomic E-state index is 12.7. The number of carbonyl (C=O) groups excluding carboxylic acids is 1. The highest BCUT2D eigenvalue weighted by Crippen LogP contribution is 2.25. The molecule has 0 saturated carbocycles. The quantitative estimate of drug-likeness (QED) is 0.481. The van der Waals surface area contributed by atoms with Gasteiger partial charge in [0.05, 0.1) is 0 Å². The van der Waals surface area contributed by atoms with Crippen molar-refractivity contribution in [3.8, 4) is 11.4 Å². The third-order valence-corrected chi connectivity index (χ3v) is 6.51. The number of halogens is 1. The van der Waals surface area contributed by atoms with Crippen molar-refractivity contribution >= 4 is 29.0 Å². The highest BCUT2D eigenvalue weighted by Gasteiger charge is 2.26. The minimum Gasteiger partial charge on any atom is -0.355 e. The molecule has 33 heavy (non-hydrogen) atoms. The van der Waals surface area contributed by atoms with Crippen LogP contribution in [0.1, 0.15) is 24.0 Å². The van der Waals surface area contributed by atoms with Crippen LogP contribution < -0.4 is 10.2 Å². The number of nitrogens with zero attached hydrogens (tertiary/aromatic N) is 5. The van der Waals surface area contributed by atoms with Crippen LogP contribution in [-0.2, 0) is 11.3 Å². The summed E-state index contributed by atoms with van der Waals surface area (Å²) in [5.41, 5.74) is 3.95. The number of benzene rings is 2. The van der Waals surface area contributed by atoms with E-state index in [1.165, 1.54) is 5.56 Å². The molecular formula is C25H25ClN6O. The van der Waals surface area contributed by atoms with Crippen molar-refractivity contribution in [2.75, 3.05) is 18.0 Å². The van der Waals surface area contributed by atoms with E-state index in [1.54, 1.807) is 4.52 Å². The predicted molar refractivity (Wildman–Crippen MR) is 129 cm³/mol. The van der Waals surface area contributed by atoms with Gasteiger partial charge in [-0.2, -0.15) is 4.52 Å². The van der Waals surface area contributed by atoms with E-state index in [4.69, 9.17) is 16.7 Å². The summed E-state index contributed by atoms with van der Waals surface area (Å²) in [5, 5.41) is 17.1. The molecule has 2 aromatic carbocycles. The van der Waals surface area contributed by atoms with E-state index in [0.717, 1.165) is 42.9 Å². The number of carbonyl (C=O) groups is 1. The Bertz CT molecular complexity index is 1280. The number of hydrogen-bond acceptors (Lipinski definition) is 5. The molecule has 0 aliphatic carbocycles. The fourth-order valence-electron chi connectivity index (χ4n) is 4.23. The van der Waals surface area contributed by atoms with Gasteiger partial charge in [0.25, 0.3) is 0 Å². The zero-order valence-corrected chi connectivity index (χ0v) is 19.2. The standard InChI is InChI=1S/C25H25ClN6O/c1-17-4-2-3-5-20(17)16-27-25(33)19-12-14-31(15-13-19)23-11-10-22-28-29-24(32(22)30-23)18-6-8-21(26)9-7-18/h2-11,19H,12-16H2,1H3,(H,27,33). The second-order valence-electron chi connectivity index (χ2n) is 8.40. The van der Waals surface area contributed by atoms with Gasteiger partial charge in [-0.15, -0.1) is 15.3 Å². The maximum atomic E-state index is 12.7. The molecule has 3 heterocycles. The fraction of sp³-hybridized carbons (Fsp3) is 0.280. The Morgan fingerprint density at radius 3 is 2.55 bits per heavy atom. The lowest BCUT2D eigenvalue weighted by atomic mass is 9.95. The summed E-state index contributed by atoms with van der Waals surface area (Å²) in [6.45, 7) is 4.20. The number of nitrogens with one attached hydrogen (secondary N) is 1.